The van der Waals surface area contributed by atoms with Crippen LogP contribution in [0.15, 0.2) is 36.4 Å². The molecule has 2 nitrogen and oxygen atoms in total. The predicted octanol–water partition coefficient (Wildman–Crippen LogP) is 4.10. The molecule has 0 amide bonds. The summed E-state index contributed by atoms with van der Waals surface area (Å²) in [5, 5.41) is 11.6. The summed E-state index contributed by atoms with van der Waals surface area (Å²) in [4.78, 5) is 0. The van der Waals surface area contributed by atoms with E-state index in [1.54, 1.807) is 18.2 Å². The molecule has 0 saturated heterocycles. The van der Waals surface area contributed by atoms with Crippen molar-refractivity contribution in [2.45, 2.75) is 6.54 Å². The smallest absolute Gasteiger partial charge is 0.143 e. The number of nitrogens with zero attached hydrogens (tertiary/aromatic N) is 1. The SMILES string of the molecule is N#Cc1ccc(NCc2ccc(F)c(Cl)c2)cc1F. The van der Waals surface area contributed by atoms with Gasteiger partial charge in [0.15, 0.2) is 0 Å². The van der Waals surface area contributed by atoms with E-state index in [9.17, 15) is 8.78 Å². The Labute approximate surface area is 114 Å². The van der Waals surface area contributed by atoms with Crippen LogP contribution in [0, 0.1) is 23.0 Å². The lowest BCUT2D eigenvalue weighted by molar-refractivity contribution is 0.624. The van der Waals surface area contributed by atoms with Crippen LogP contribution in [-0.2, 0) is 6.54 Å². The van der Waals surface area contributed by atoms with Crippen LogP contribution in [0.3, 0.4) is 0 Å². The Morgan fingerprint density at radius 2 is 1.89 bits per heavy atom. The molecule has 0 spiro atoms. The molecule has 1 N–H and O–H groups in total. The summed E-state index contributed by atoms with van der Waals surface area (Å²) in [5.41, 5.74) is 1.31. The lowest BCUT2D eigenvalue weighted by atomic mass is 10.2. The van der Waals surface area contributed by atoms with Crippen LogP contribution in [0.2, 0.25) is 5.02 Å². The monoisotopic (exact) mass is 278 g/mol. The first kappa shape index (κ1) is 13.3. The Morgan fingerprint density at radius 1 is 1.11 bits per heavy atom. The molecule has 0 saturated carbocycles. The number of anilines is 1. The van der Waals surface area contributed by atoms with E-state index in [4.69, 9.17) is 16.9 Å². The number of nitrogens with one attached hydrogen (secondary N) is 1. The Hall–Kier alpha value is -2.12. The third-order valence-electron chi connectivity index (χ3n) is 2.57. The maximum atomic E-state index is 13.4. The predicted molar refractivity (Wildman–Crippen MR) is 69.9 cm³/mol. The highest BCUT2D eigenvalue weighted by molar-refractivity contribution is 6.30. The molecule has 19 heavy (non-hydrogen) atoms. The highest BCUT2D eigenvalue weighted by atomic mass is 35.5. The van der Waals surface area contributed by atoms with Crippen molar-refractivity contribution in [1.82, 2.24) is 0 Å². The van der Waals surface area contributed by atoms with Crippen LogP contribution in [0.5, 0.6) is 0 Å². The first-order chi connectivity index (χ1) is 9.10. The topological polar surface area (TPSA) is 35.8 Å². The van der Waals surface area contributed by atoms with E-state index >= 15 is 0 Å². The summed E-state index contributed by atoms with van der Waals surface area (Å²) in [6.45, 7) is 0.380. The Kier molecular flexibility index (Phi) is 3.98. The molecule has 0 unspecified atom stereocenters. The number of hydrogen-bond acceptors (Lipinski definition) is 2. The van der Waals surface area contributed by atoms with Crippen molar-refractivity contribution in [2.75, 3.05) is 5.32 Å². The summed E-state index contributed by atoms with van der Waals surface area (Å²) >= 11 is 5.66. The number of nitriles is 1. The van der Waals surface area contributed by atoms with Gasteiger partial charge < -0.3 is 5.32 Å². The number of hydrogen-bond donors (Lipinski definition) is 1. The van der Waals surface area contributed by atoms with Gasteiger partial charge in [0.05, 0.1) is 10.6 Å². The lowest BCUT2D eigenvalue weighted by Crippen LogP contribution is -2.00. The van der Waals surface area contributed by atoms with Gasteiger partial charge in [-0.3, -0.25) is 0 Å². The standard InChI is InChI=1S/C14H9ClF2N2/c15-12-5-9(1-4-13(12)16)8-19-11-3-2-10(7-18)14(17)6-11/h1-6,19H,8H2. The van der Waals surface area contributed by atoms with Gasteiger partial charge in [0, 0.05) is 12.2 Å². The Bertz CT molecular complexity index is 650. The highest BCUT2D eigenvalue weighted by Gasteiger charge is 2.04. The van der Waals surface area contributed by atoms with E-state index in [0.29, 0.717) is 12.2 Å². The van der Waals surface area contributed by atoms with Crippen LogP contribution < -0.4 is 5.32 Å². The zero-order chi connectivity index (χ0) is 13.8. The average molecular weight is 279 g/mol. The third kappa shape index (κ3) is 3.21. The van der Waals surface area contributed by atoms with Gasteiger partial charge in [-0.25, -0.2) is 8.78 Å². The van der Waals surface area contributed by atoms with Crippen LogP contribution in [0.25, 0.3) is 0 Å². The van der Waals surface area contributed by atoms with Gasteiger partial charge in [-0.1, -0.05) is 17.7 Å². The number of benzene rings is 2. The second-order valence-electron chi connectivity index (χ2n) is 3.91. The molecular weight excluding hydrogens is 270 g/mol. The second-order valence-corrected chi connectivity index (χ2v) is 4.32. The summed E-state index contributed by atoms with van der Waals surface area (Å²) in [7, 11) is 0. The number of rotatable bonds is 3. The molecule has 0 aliphatic carbocycles. The van der Waals surface area contributed by atoms with Gasteiger partial charge in [0.25, 0.3) is 0 Å². The van der Waals surface area contributed by atoms with E-state index in [2.05, 4.69) is 5.32 Å². The minimum atomic E-state index is -0.579. The van der Waals surface area contributed by atoms with Crippen molar-refractivity contribution in [1.29, 1.82) is 5.26 Å². The van der Waals surface area contributed by atoms with E-state index in [0.717, 1.165) is 5.56 Å². The van der Waals surface area contributed by atoms with Gasteiger partial charge in [-0.2, -0.15) is 5.26 Å². The van der Waals surface area contributed by atoms with Gasteiger partial charge >= 0.3 is 0 Å². The Morgan fingerprint density at radius 3 is 2.53 bits per heavy atom. The maximum absolute atomic E-state index is 13.4. The molecule has 0 atom stereocenters. The third-order valence-corrected chi connectivity index (χ3v) is 2.86. The van der Waals surface area contributed by atoms with Crippen molar-refractivity contribution in [3.05, 3.63) is 64.2 Å². The highest BCUT2D eigenvalue weighted by Crippen LogP contribution is 2.18. The first-order valence-electron chi connectivity index (χ1n) is 5.47. The Balaban J connectivity index is 2.08. The fourth-order valence-corrected chi connectivity index (χ4v) is 1.77. The van der Waals surface area contributed by atoms with Crippen LogP contribution in [0.4, 0.5) is 14.5 Å². The van der Waals surface area contributed by atoms with Gasteiger partial charge in [0.1, 0.15) is 17.7 Å². The molecule has 5 heteroatoms. The molecule has 0 radical (unpaired) electrons. The molecule has 96 valence electrons. The van der Waals surface area contributed by atoms with Gasteiger partial charge in [-0.05, 0) is 35.9 Å². The van der Waals surface area contributed by atoms with Crippen molar-refractivity contribution >= 4 is 17.3 Å². The summed E-state index contributed by atoms with van der Waals surface area (Å²) in [6.07, 6.45) is 0. The zero-order valence-corrected chi connectivity index (χ0v) is 10.5. The summed E-state index contributed by atoms with van der Waals surface area (Å²) < 4.78 is 26.3. The minimum absolute atomic E-state index is 0.00428. The van der Waals surface area contributed by atoms with E-state index < -0.39 is 11.6 Å². The molecule has 0 aromatic heterocycles. The molecule has 2 rings (SSSR count). The minimum Gasteiger partial charge on any atom is -0.381 e. The van der Waals surface area contributed by atoms with Crippen molar-refractivity contribution in [2.24, 2.45) is 0 Å². The van der Waals surface area contributed by atoms with E-state index in [1.807, 2.05) is 0 Å². The quantitative estimate of drug-likeness (QED) is 0.917. The van der Waals surface area contributed by atoms with Crippen LogP contribution >= 0.6 is 11.6 Å². The van der Waals surface area contributed by atoms with Crippen molar-refractivity contribution in [3.63, 3.8) is 0 Å². The molecule has 0 aliphatic heterocycles. The van der Waals surface area contributed by atoms with Crippen molar-refractivity contribution < 1.29 is 8.78 Å². The van der Waals surface area contributed by atoms with Gasteiger partial charge in [0.2, 0.25) is 0 Å². The second kappa shape index (κ2) is 5.68. The average Bonchev–Trinajstić information content (AvgIpc) is 2.40. The lowest BCUT2D eigenvalue weighted by Gasteiger charge is -2.07. The van der Waals surface area contributed by atoms with Gasteiger partial charge in [-0.15, -0.1) is 0 Å². The molecule has 0 heterocycles. The first-order valence-corrected chi connectivity index (χ1v) is 5.85. The van der Waals surface area contributed by atoms with E-state index in [1.165, 1.54) is 24.3 Å². The largest absolute Gasteiger partial charge is 0.381 e. The van der Waals surface area contributed by atoms with Crippen LogP contribution in [-0.4, -0.2) is 0 Å². The molecule has 2 aromatic rings. The summed E-state index contributed by atoms with van der Waals surface area (Å²) in [5.74, 6) is -1.06. The molecule has 2 aromatic carbocycles. The fraction of sp³-hybridized carbons (Fsp3) is 0.0714. The molecule has 0 bridgehead atoms. The zero-order valence-electron chi connectivity index (χ0n) is 9.75. The molecule has 0 fully saturated rings. The number of halogens is 3. The van der Waals surface area contributed by atoms with Crippen LogP contribution in [0.1, 0.15) is 11.1 Å². The molecular formula is C14H9ClF2N2. The fourth-order valence-electron chi connectivity index (χ4n) is 1.57. The van der Waals surface area contributed by atoms with Crippen molar-refractivity contribution in [3.8, 4) is 6.07 Å². The van der Waals surface area contributed by atoms with E-state index in [-0.39, 0.29) is 10.6 Å². The normalized spacial score (nSPS) is 10.0. The molecule has 0 aliphatic rings. The maximum Gasteiger partial charge on any atom is 0.143 e. The summed E-state index contributed by atoms with van der Waals surface area (Å²) in [6, 6.07) is 10.4.